The van der Waals surface area contributed by atoms with E-state index in [1.807, 2.05) is 12.0 Å². The van der Waals surface area contributed by atoms with Crippen LogP contribution in [0.1, 0.15) is 32.1 Å². The van der Waals surface area contributed by atoms with Crippen LogP contribution in [0.2, 0.25) is 0 Å². The van der Waals surface area contributed by atoms with Crippen molar-refractivity contribution in [2.75, 3.05) is 39.8 Å². The maximum Gasteiger partial charge on any atom is 0.317 e. The number of carbonyl (C=O) groups is 1. The molecule has 0 radical (unpaired) electrons. The third kappa shape index (κ3) is 4.16. The molecule has 0 bridgehead atoms. The van der Waals surface area contributed by atoms with Crippen LogP contribution in [-0.4, -0.2) is 72.9 Å². The molecule has 110 valence electrons. The van der Waals surface area contributed by atoms with Crippen LogP contribution in [0.15, 0.2) is 0 Å². The number of carboxylic acid groups (broad SMARTS) is 1. The first-order valence-electron chi connectivity index (χ1n) is 7.41. The number of hydrogen-bond donors (Lipinski definition) is 1. The molecule has 2 fully saturated rings. The predicted molar refractivity (Wildman–Crippen MR) is 73.3 cm³/mol. The van der Waals surface area contributed by atoms with E-state index in [4.69, 9.17) is 9.84 Å². The Kier molecular flexibility index (Phi) is 5.60. The van der Waals surface area contributed by atoms with Gasteiger partial charge in [-0.25, -0.2) is 0 Å². The fourth-order valence-electron chi connectivity index (χ4n) is 3.44. The zero-order valence-corrected chi connectivity index (χ0v) is 11.9. The van der Waals surface area contributed by atoms with Gasteiger partial charge in [0, 0.05) is 32.8 Å². The number of carboxylic acids is 1. The van der Waals surface area contributed by atoms with Crippen LogP contribution < -0.4 is 0 Å². The largest absolute Gasteiger partial charge is 0.480 e. The van der Waals surface area contributed by atoms with Crippen LogP contribution in [0, 0.1) is 0 Å². The summed E-state index contributed by atoms with van der Waals surface area (Å²) in [6.45, 7) is 3.97. The lowest BCUT2D eigenvalue weighted by Crippen LogP contribution is -2.47. The van der Waals surface area contributed by atoms with E-state index in [1.54, 1.807) is 0 Å². The van der Waals surface area contributed by atoms with Gasteiger partial charge in [-0.3, -0.25) is 14.6 Å². The Balaban J connectivity index is 1.88. The van der Waals surface area contributed by atoms with Crippen molar-refractivity contribution in [3.63, 3.8) is 0 Å². The lowest BCUT2D eigenvalue weighted by Gasteiger charge is -2.38. The molecule has 0 aromatic rings. The molecule has 2 rings (SSSR count). The molecule has 1 saturated carbocycles. The highest BCUT2D eigenvalue weighted by atomic mass is 16.5. The number of ether oxygens (including phenoxy) is 1. The summed E-state index contributed by atoms with van der Waals surface area (Å²) in [5.41, 5.74) is 0. The molecule has 5 heteroatoms. The van der Waals surface area contributed by atoms with E-state index in [0.717, 1.165) is 39.0 Å². The normalized spacial score (nSPS) is 31.0. The topological polar surface area (TPSA) is 53.0 Å². The van der Waals surface area contributed by atoms with Crippen molar-refractivity contribution in [1.82, 2.24) is 9.80 Å². The van der Waals surface area contributed by atoms with Crippen LogP contribution in [0.3, 0.4) is 0 Å². The molecule has 2 unspecified atom stereocenters. The van der Waals surface area contributed by atoms with E-state index in [0.29, 0.717) is 12.1 Å². The summed E-state index contributed by atoms with van der Waals surface area (Å²) in [5.74, 6) is -0.721. The third-order valence-corrected chi connectivity index (χ3v) is 4.42. The SMILES string of the molecule is COC1CCCCC1N1CCCN(CC(=O)O)CC1. The molecule has 1 heterocycles. The average molecular weight is 270 g/mol. The van der Waals surface area contributed by atoms with Crippen molar-refractivity contribution >= 4 is 5.97 Å². The molecule has 1 aliphatic heterocycles. The van der Waals surface area contributed by atoms with Gasteiger partial charge in [0.2, 0.25) is 0 Å². The molecular formula is C14H26N2O3. The van der Waals surface area contributed by atoms with Crippen molar-refractivity contribution in [3.8, 4) is 0 Å². The van der Waals surface area contributed by atoms with E-state index < -0.39 is 5.97 Å². The van der Waals surface area contributed by atoms with Gasteiger partial charge in [-0.15, -0.1) is 0 Å². The zero-order valence-electron chi connectivity index (χ0n) is 11.9. The van der Waals surface area contributed by atoms with Gasteiger partial charge in [0.25, 0.3) is 0 Å². The Bertz CT molecular complexity index is 298. The van der Waals surface area contributed by atoms with Crippen molar-refractivity contribution in [1.29, 1.82) is 0 Å². The third-order valence-electron chi connectivity index (χ3n) is 4.42. The second kappa shape index (κ2) is 7.22. The monoisotopic (exact) mass is 270 g/mol. The second-order valence-corrected chi connectivity index (χ2v) is 5.69. The minimum Gasteiger partial charge on any atom is -0.480 e. The van der Waals surface area contributed by atoms with Gasteiger partial charge >= 0.3 is 5.97 Å². The lowest BCUT2D eigenvalue weighted by atomic mass is 9.91. The Morgan fingerprint density at radius 1 is 1.16 bits per heavy atom. The highest BCUT2D eigenvalue weighted by molar-refractivity contribution is 5.69. The standard InChI is InChI=1S/C14H26N2O3/c1-19-13-6-3-2-5-12(13)16-8-4-7-15(9-10-16)11-14(17)18/h12-13H,2-11H2,1H3,(H,17,18). The molecule has 0 aromatic heterocycles. The van der Waals surface area contributed by atoms with E-state index >= 15 is 0 Å². The van der Waals surface area contributed by atoms with E-state index in [-0.39, 0.29) is 6.54 Å². The molecule has 19 heavy (non-hydrogen) atoms. The van der Waals surface area contributed by atoms with Gasteiger partial charge in [-0.05, 0) is 25.8 Å². The minimum absolute atomic E-state index is 0.173. The molecule has 0 aromatic carbocycles. The van der Waals surface area contributed by atoms with Gasteiger partial charge in [-0.2, -0.15) is 0 Å². The average Bonchev–Trinajstić information content (AvgIpc) is 2.63. The number of nitrogens with zero attached hydrogens (tertiary/aromatic N) is 2. The smallest absolute Gasteiger partial charge is 0.317 e. The second-order valence-electron chi connectivity index (χ2n) is 5.69. The quantitative estimate of drug-likeness (QED) is 0.827. The van der Waals surface area contributed by atoms with Gasteiger partial charge in [0.1, 0.15) is 0 Å². The van der Waals surface area contributed by atoms with Gasteiger partial charge < -0.3 is 9.84 Å². The fourth-order valence-corrected chi connectivity index (χ4v) is 3.44. The summed E-state index contributed by atoms with van der Waals surface area (Å²) in [6.07, 6.45) is 6.36. The van der Waals surface area contributed by atoms with Crippen LogP contribution in [0.25, 0.3) is 0 Å². The Labute approximate surface area is 115 Å². The summed E-state index contributed by atoms with van der Waals surface area (Å²) < 4.78 is 5.64. The van der Waals surface area contributed by atoms with Crippen LogP contribution >= 0.6 is 0 Å². The number of rotatable bonds is 4. The summed E-state index contributed by atoms with van der Waals surface area (Å²) in [7, 11) is 1.82. The molecular weight excluding hydrogens is 244 g/mol. The summed E-state index contributed by atoms with van der Waals surface area (Å²) in [6, 6.07) is 0.531. The molecule has 2 aliphatic rings. The Morgan fingerprint density at radius 3 is 2.68 bits per heavy atom. The maximum absolute atomic E-state index is 10.8. The number of methoxy groups -OCH3 is 1. The highest BCUT2D eigenvalue weighted by Gasteiger charge is 2.31. The van der Waals surface area contributed by atoms with E-state index in [1.165, 1.54) is 19.3 Å². The minimum atomic E-state index is -0.721. The summed E-state index contributed by atoms with van der Waals surface area (Å²) in [5, 5.41) is 8.88. The molecule has 0 amide bonds. The Morgan fingerprint density at radius 2 is 1.95 bits per heavy atom. The Hall–Kier alpha value is -0.650. The molecule has 1 N–H and O–H groups in total. The van der Waals surface area contributed by atoms with Crippen molar-refractivity contribution in [2.24, 2.45) is 0 Å². The lowest BCUT2D eigenvalue weighted by molar-refractivity contribution is -0.138. The summed E-state index contributed by atoms with van der Waals surface area (Å²) in [4.78, 5) is 15.4. The molecule has 5 nitrogen and oxygen atoms in total. The molecule has 1 aliphatic carbocycles. The van der Waals surface area contributed by atoms with Crippen molar-refractivity contribution in [2.45, 2.75) is 44.2 Å². The first-order valence-corrected chi connectivity index (χ1v) is 7.41. The van der Waals surface area contributed by atoms with Crippen molar-refractivity contribution < 1.29 is 14.6 Å². The number of aliphatic carboxylic acids is 1. The first-order chi connectivity index (χ1) is 9.20. The highest BCUT2D eigenvalue weighted by Crippen LogP contribution is 2.26. The van der Waals surface area contributed by atoms with Gasteiger partial charge in [0.05, 0.1) is 12.6 Å². The van der Waals surface area contributed by atoms with Crippen LogP contribution in [0.5, 0.6) is 0 Å². The van der Waals surface area contributed by atoms with E-state index in [9.17, 15) is 4.79 Å². The van der Waals surface area contributed by atoms with Gasteiger partial charge in [0.15, 0.2) is 0 Å². The maximum atomic E-state index is 10.8. The summed E-state index contributed by atoms with van der Waals surface area (Å²) >= 11 is 0. The fraction of sp³-hybridized carbons (Fsp3) is 0.929. The first kappa shape index (κ1) is 14.8. The molecule has 1 saturated heterocycles. The zero-order chi connectivity index (χ0) is 13.7. The van der Waals surface area contributed by atoms with Crippen LogP contribution in [-0.2, 0) is 9.53 Å². The molecule has 0 spiro atoms. The molecule has 2 atom stereocenters. The predicted octanol–water partition coefficient (Wildman–Crippen LogP) is 1.04. The van der Waals surface area contributed by atoms with E-state index in [2.05, 4.69) is 4.90 Å². The number of hydrogen-bond acceptors (Lipinski definition) is 4. The van der Waals surface area contributed by atoms with Crippen LogP contribution in [0.4, 0.5) is 0 Å². The van der Waals surface area contributed by atoms with Gasteiger partial charge in [-0.1, -0.05) is 12.8 Å². The van der Waals surface area contributed by atoms with Crippen molar-refractivity contribution in [3.05, 3.63) is 0 Å².